The molecule has 2 aromatic rings. The number of carbonyl (C=O) groups excluding carboxylic acids is 4. The fraction of sp³-hybridized carbons (Fsp3) is 0.333. The lowest BCUT2D eigenvalue weighted by molar-refractivity contribution is -0.117. The summed E-state index contributed by atoms with van der Waals surface area (Å²) in [5.41, 5.74) is 1.72. The number of para-hydroxylation sites is 1. The molecule has 9 nitrogen and oxygen atoms in total. The first-order valence-electron chi connectivity index (χ1n) is 11.1. The standard InChI is InChI=1S/C24H25N5O4/c1-24-12-10-21(31)29(24)19-5-3-2-4-18(19)22(32)28(24)14-11-20(30)26-16-6-8-17(9-7-16)27-15-13-25-23(27)33/h2-9H,10-15H2,1H3,(H,25,33)(H,26,30). The first-order valence-corrected chi connectivity index (χ1v) is 11.1. The van der Waals surface area contributed by atoms with E-state index in [2.05, 4.69) is 10.6 Å². The van der Waals surface area contributed by atoms with Crippen LogP contribution in [0, 0.1) is 0 Å². The number of rotatable bonds is 5. The number of urea groups is 1. The fourth-order valence-corrected chi connectivity index (χ4v) is 4.92. The van der Waals surface area contributed by atoms with Gasteiger partial charge in [0.2, 0.25) is 11.8 Å². The predicted molar refractivity (Wildman–Crippen MR) is 123 cm³/mol. The number of hydrogen-bond donors (Lipinski definition) is 2. The summed E-state index contributed by atoms with van der Waals surface area (Å²) in [6.07, 6.45) is 0.989. The fourth-order valence-electron chi connectivity index (χ4n) is 4.92. The average molecular weight is 447 g/mol. The van der Waals surface area contributed by atoms with Gasteiger partial charge in [-0.3, -0.25) is 24.2 Å². The van der Waals surface area contributed by atoms with E-state index in [9.17, 15) is 19.2 Å². The van der Waals surface area contributed by atoms with Gasteiger partial charge in [0.1, 0.15) is 5.66 Å². The molecule has 0 aliphatic carbocycles. The lowest BCUT2D eigenvalue weighted by Gasteiger charge is -2.48. The Kier molecular flexibility index (Phi) is 5.03. The zero-order valence-electron chi connectivity index (χ0n) is 18.3. The van der Waals surface area contributed by atoms with Crippen LogP contribution in [-0.4, -0.2) is 53.9 Å². The van der Waals surface area contributed by atoms with Crippen molar-refractivity contribution >= 4 is 40.8 Å². The molecule has 9 heteroatoms. The van der Waals surface area contributed by atoms with Crippen LogP contribution >= 0.6 is 0 Å². The molecule has 3 aliphatic rings. The van der Waals surface area contributed by atoms with Crippen LogP contribution in [0.2, 0.25) is 0 Å². The monoisotopic (exact) mass is 447 g/mol. The van der Waals surface area contributed by atoms with Crippen LogP contribution in [0.3, 0.4) is 0 Å². The van der Waals surface area contributed by atoms with Gasteiger partial charge in [-0.05, 0) is 49.7 Å². The molecule has 0 bridgehead atoms. The third-order valence-corrected chi connectivity index (χ3v) is 6.63. The van der Waals surface area contributed by atoms with Crippen LogP contribution < -0.4 is 20.4 Å². The van der Waals surface area contributed by atoms with Crippen molar-refractivity contribution in [3.8, 4) is 0 Å². The molecule has 2 aromatic carbocycles. The van der Waals surface area contributed by atoms with Crippen LogP contribution in [0.25, 0.3) is 0 Å². The molecule has 3 aliphatic heterocycles. The van der Waals surface area contributed by atoms with E-state index >= 15 is 0 Å². The number of fused-ring (bicyclic) bond motifs is 3. The highest BCUT2D eigenvalue weighted by molar-refractivity contribution is 6.10. The van der Waals surface area contributed by atoms with Gasteiger partial charge in [-0.1, -0.05) is 12.1 Å². The van der Waals surface area contributed by atoms with E-state index in [0.29, 0.717) is 42.9 Å². The van der Waals surface area contributed by atoms with Gasteiger partial charge in [0, 0.05) is 43.9 Å². The summed E-state index contributed by atoms with van der Waals surface area (Å²) in [6, 6.07) is 14.1. The van der Waals surface area contributed by atoms with Crippen LogP contribution in [0.5, 0.6) is 0 Å². The van der Waals surface area contributed by atoms with Crippen LogP contribution in [0.15, 0.2) is 48.5 Å². The zero-order valence-corrected chi connectivity index (χ0v) is 18.3. The molecule has 33 heavy (non-hydrogen) atoms. The van der Waals surface area contributed by atoms with Gasteiger partial charge in [0.05, 0.1) is 11.3 Å². The molecule has 2 saturated heterocycles. The number of nitrogens with zero attached hydrogens (tertiary/aromatic N) is 3. The Balaban J connectivity index is 1.27. The third kappa shape index (κ3) is 3.49. The van der Waals surface area contributed by atoms with Crippen molar-refractivity contribution in [2.45, 2.75) is 31.8 Å². The normalized spacial score (nSPS) is 21.7. The summed E-state index contributed by atoms with van der Waals surface area (Å²) >= 11 is 0. The minimum absolute atomic E-state index is 0.0151. The molecule has 1 atom stereocenters. The highest BCUT2D eigenvalue weighted by Gasteiger charge is 2.52. The number of anilines is 3. The molecule has 170 valence electrons. The number of nitrogens with one attached hydrogen (secondary N) is 2. The van der Waals surface area contributed by atoms with E-state index in [1.165, 1.54) is 0 Å². The lowest BCUT2D eigenvalue weighted by Crippen LogP contribution is -2.62. The Bertz CT molecular complexity index is 1150. The summed E-state index contributed by atoms with van der Waals surface area (Å²) in [5.74, 6) is -0.411. The van der Waals surface area contributed by atoms with Gasteiger partial charge in [0.25, 0.3) is 5.91 Å². The predicted octanol–water partition coefficient (Wildman–Crippen LogP) is 2.54. The van der Waals surface area contributed by atoms with E-state index in [1.54, 1.807) is 57.2 Å². The molecule has 3 heterocycles. The molecule has 5 amide bonds. The quantitative estimate of drug-likeness (QED) is 0.735. The summed E-state index contributed by atoms with van der Waals surface area (Å²) in [4.78, 5) is 55.3. The topological polar surface area (TPSA) is 102 Å². The minimum Gasteiger partial charge on any atom is -0.336 e. The van der Waals surface area contributed by atoms with Crippen LogP contribution in [0.1, 0.15) is 36.5 Å². The third-order valence-electron chi connectivity index (χ3n) is 6.63. The Labute approximate surface area is 191 Å². The second-order valence-electron chi connectivity index (χ2n) is 8.65. The molecular weight excluding hydrogens is 422 g/mol. The largest absolute Gasteiger partial charge is 0.336 e. The second kappa shape index (κ2) is 7.91. The van der Waals surface area contributed by atoms with Gasteiger partial charge < -0.3 is 15.5 Å². The molecule has 0 spiro atoms. The van der Waals surface area contributed by atoms with Crippen molar-refractivity contribution < 1.29 is 19.2 Å². The maximum Gasteiger partial charge on any atom is 0.321 e. The van der Waals surface area contributed by atoms with Crippen molar-refractivity contribution in [1.29, 1.82) is 0 Å². The molecule has 1 unspecified atom stereocenters. The Hall–Kier alpha value is -3.88. The van der Waals surface area contributed by atoms with Gasteiger partial charge in [-0.25, -0.2) is 4.79 Å². The van der Waals surface area contributed by atoms with Crippen molar-refractivity contribution in [3.63, 3.8) is 0 Å². The van der Waals surface area contributed by atoms with Crippen molar-refractivity contribution in [2.24, 2.45) is 0 Å². The van der Waals surface area contributed by atoms with E-state index in [0.717, 1.165) is 5.69 Å². The highest BCUT2D eigenvalue weighted by Crippen LogP contribution is 2.43. The molecule has 2 N–H and O–H groups in total. The van der Waals surface area contributed by atoms with Gasteiger partial charge in [-0.15, -0.1) is 0 Å². The summed E-state index contributed by atoms with van der Waals surface area (Å²) in [7, 11) is 0. The molecule has 2 fully saturated rings. The SMILES string of the molecule is CC12CCC(=O)N1c1ccccc1C(=O)N2CCC(=O)Nc1ccc(N2CCNC2=O)cc1. The summed E-state index contributed by atoms with van der Waals surface area (Å²) in [5, 5.41) is 5.60. The smallest absolute Gasteiger partial charge is 0.321 e. The molecule has 5 rings (SSSR count). The number of amides is 5. The van der Waals surface area contributed by atoms with E-state index < -0.39 is 5.66 Å². The maximum absolute atomic E-state index is 13.3. The maximum atomic E-state index is 13.3. The van der Waals surface area contributed by atoms with Crippen molar-refractivity contribution in [2.75, 3.05) is 34.8 Å². The van der Waals surface area contributed by atoms with Crippen molar-refractivity contribution in [3.05, 3.63) is 54.1 Å². The first kappa shape index (κ1) is 21.0. The van der Waals surface area contributed by atoms with Crippen molar-refractivity contribution in [1.82, 2.24) is 10.2 Å². The van der Waals surface area contributed by atoms with E-state index in [-0.39, 0.29) is 36.7 Å². The van der Waals surface area contributed by atoms with Gasteiger partial charge in [0.15, 0.2) is 0 Å². The molecule has 0 saturated carbocycles. The van der Waals surface area contributed by atoms with Gasteiger partial charge in [-0.2, -0.15) is 0 Å². The highest BCUT2D eigenvalue weighted by atomic mass is 16.2. The Morgan fingerprint density at radius 3 is 2.58 bits per heavy atom. The Morgan fingerprint density at radius 2 is 1.85 bits per heavy atom. The van der Waals surface area contributed by atoms with Crippen LogP contribution in [-0.2, 0) is 9.59 Å². The van der Waals surface area contributed by atoms with E-state index in [1.807, 2.05) is 13.0 Å². The first-order chi connectivity index (χ1) is 15.9. The second-order valence-corrected chi connectivity index (χ2v) is 8.65. The number of carbonyl (C=O) groups is 4. The summed E-state index contributed by atoms with van der Waals surface area (Å²) < 4.78 is 0. The minimum atomic E-state index is -0.777. The van der Waals surface area contributed by atoms with E-state index in [4.69, 9.17) is 0 Å². The number of hydrogen-bond acceptors (Lipinski definition) is 4. The average Bonchev–Trinajstić information content (AvgIpc) is 3.37. The molecular formula is C24H25N5O4. The Morgan fingerprint density at radius 1 is 1.09 bits per heavy atom. The zero-order chi connectivity index (χ0) is 23.2. The lowest BCUT2D eigenvalue weighted by atomic mass is 9.98. The van der Waals surface area contributed by atoms with Crippen LogP contribution in [0.4, 0.5) is 21.9 Å². The number of benzene rings is 2. The molecule has 0 radical (unpaired) electrons. The van der Waals surface area contributed by atoms with Gasteiger partial charge >= 0.3 is 6.03 Å². The summed E-state index contributed by atoms with van der Waals surface area (Å²) in [6.45, 7) is 3.30. The molecule has 0 aromatic heterocycles.